The Morgan fingerprint density at radius 2 is 1.77 bits per heavy atom. The van der Waals surface area contributed by atoms with Gasteiger partial charge in [0.05, 0.1) is 35.5 Å². The van der Waals surface area contributed by atoms with Crippen LogP contribution >= 0.6 is 46.1 Å². The number of carbonyl (C=O) groups excluding carboxylic acids is 1. The first kappa shape index (κ1) is 31.1. The van der Waals surface area contributed by atoms with Crippen molar-refractivity contribution in [3.8, 4) is 5.75 Å². The van der Waals surface area contributed by atoms with E-state index in [1.165, 1.54) is 19.2 Å². The monoisotopic (exact) mass is 535 g/mol. The third kappa shape index (κ3) is 8.44. The van der Waals surface area contributed by atoms with Gasteiger partial charge in [-0.05, 0) is 43.8 Å². The molecule has 1 unspecified atom stereocenters. The Balaban J connectivity index is 0.000000581. The third-order valence-corrected chi connectivity index (χ3v) is 5.93. The number of thiophene rings is 1. The quantitative estimate of drug-likeness (QED) is 0.397. The van der Waals surface area contributed by atoms with Crippen molar-refractivity contribution in [1.82, 2.24) is 0 Å². The fraction of sp³-hybridized carbons (Fsp3) is 0.400. The third-order valence-electron chi connectivity index (χ3n) is 4.07. The zero-order valence-electron chi connectivity index (χ0n) is 17.3. The number of aryl methyl sites for hydroxylation is 2. The van der Waals surface area contributed by atoms with E-state index >= 15 is 0 Å². The summed E-state index contributed by atoms with van der Waals surface area (Å²) < 4.78 is 9.94. The van der Waals surface area contributed by atoms with Gasteiger partial charge in [-0.1, -0.05) is 23.2 Å². The first-order chi connectivity index (χ1) is 14.1. The molecule has 1 aromatic heterocycles. The summed E-state index contributed by atoms with van der Waals surface area (Å²) in [5, 5.41) is 11.2. The first-order valence-corrected chi connectivity index (χ1v) is 10.9. The Morgan fingerprint density at radius 1 is 1.19 bits per heavy atom. The molecule has 0 aliphatic rings. The van der Waals surface area contributed by atoms with Crippen molar-refractivity contribution in [2.24, 2.45) is 0 Å². The van der Waals surface area contributed by atoms with Crippen molar-refractivity contribution < 1.29 is 24.2 Å². The normalized spacial score (nSPS) is 11.0. The summed E-state index contributed by atoms with van der Waals surface area (Å²) in [5.74, 6) is -1.17. The van der Waals surface area contributed by atoms with Crippen molar-refractivity contribution in [2.45, 2.75) is 26.8 Å². The van der Waals surface area contributed by atoms with E-state index in [2.05, 4.69) is 5.38 Å². The van der Waals surface area contributed by atoms with Crippen molar-refractivity contribution >= 4 is 115 Å². The second kappa shape index (κ2) is 15.1. The molecule has 2 rings (SSSR count). The maximum atomic E-state index is 12.0. The molecule has 2 aromatic rings. The summed E-state index contributed by atoms with van der Waals surface area (Å²) in [7, 11) is 2.97. The van der Waals surface area contributed by atoms with Gasteiger partial charge in [0.2, 0.25) is 5.91 Å². The minimum absolute atomic E-state index is 0. The molecule has 168 valence electrons. The van der Waals surface area contributed by atoms with E-state index in [0.29, 0.717) is 6.61 Å². The summed E-state index contributed by atoms with van der Waals surface area (Å²) in [6, 6.07) is 2.88. The van der Waals surface area contributed by atoms with Crippen LogP contribution in [0.1, 0.15) is 27.7 Å². The molecule has 1 atom stereocenters. The molecule has 0 saturated carbocycles. The molecule has 0 aliphatic carbocycles. The Bertz CT molecular complexity index is 874. The number of amides is 1. The van der Waals surface area contributed by atoms with Crippen molar-refractivity contribution in [1.29, 1.82) is 0 Å². The number of rotatable bonds is 7. The molecule has 1 aromatic carbocycles. The summed E-state index contributed by atoms with van der Waals surface area (Å²) >= 11 is 18.7. The molecule has 0 aliphatic heterocycles. The van der Waals surface area contributed by atoms with Crippen molar-refractivity contribution in [3.05, 3.63) is 43.6 Å². The van der Waals surface area contributed by atoms with E-state index in [1.807, 2.05) is 20.8 Å². The number of halogens is 3. The van der Waals surface area contributed by atoms with E-state index in [-0.39, 0.29) is 90.6 Å². The fourth-order valence-electron chi connectivity index (χ4n) is 2.83. The molecular formula is C20H25Cl3KNO5S. The minimum atomic E-state index is -1.16. The van der Waals surface area contributed by atoms with E-state index in [9.17, 15) is 9.59 Å². The number of carbonyl (C=O) groups is 2. The van der Waals surface area contributed by atoms with Crippen LogP contribution in [-0.4, -0.2) is 101 Å². The summed E-state index contributed by atoms with van der Waals surface area (Å²) in [6.45, 7) is 6.48. The van der Waals surface area contributed by atoms with Crippen LogP contribution in [0, 0.1) is 13.8 Å². The van der Waals surface area contributed by atoms with Crippen LogP contribution < -0.4 is 9.64 Å². The van der Waals surface area contributed by atoms with Gasteiger partial charge in [-0.15, -0.1) is 22.9 Å². The van der Waals surface area contributed by atoms with Crippen LogP contribution in [0.4, 0.5) is 5.69 Å². The van der Waals surface area contributed by atoms with Gasteiger partial charge in [-0.3, -0.25) is 4.79 Å². The standard InChI is InChI=1S/C12H18ClNO2S.C8H6Cl2O3.K.H/c1-8-7-17-10(3)12(8)14(11(15)5-13)9(2)6-16-4;1-13-7-5(10)3-2-4(9)6(7)8(11)12;;/h7,9H,5-6H2,1-4H3;2-3H,1H3,(H,11,12);;. The van der Waals surface area contributed by atoms with Gasteiger partial charge >= 0.3 is 57.4 Å². The van der Waals surface area contributed by atoms with Gasteiger partial charge in [-0.25, -0.2) is 4.79 Å². The number of alkyl halides is 1. The van der Waals surface area contributed by atoms with E-state index in [4.69, 9.17) is 49.4 Å². The number of hydrogen-bond acceptors (Lipinski definition) is 5. The molecule has 11 heteroatoms. The molecule has 0 fully saturated rings. The van der Waals surface area contributed by atoms with Crippen molar-refractivity contribution in [3.63, 3.8) is 0 Å². The number of carboxylic acid groups (broad SMARTS) is 1. The molecule has 6 nitrogen and oxygen atoms in total. The Kier molecular flexibility index (Phi) is 15.2. The Hall–Kier alpha value is 0.126. The van der Waals surface area contributed by atoms with E-state index < -0.39 is 5.97 Å². The van der Waals surface area contributed by atoms with Crippen LogP contribution in [0.25, 0.3) is 0 Å². The van der Waals surface area contributed by atoms with Crippen LogP contribution in [0.5, 0.6) is 5.75 Å². The average Bonchev–Trinajstić information content (AvgIpc) is 3.02. The number of nitrogens with zero attached hydrogens (tertiary/aromatic N) is 1. The molecular weight excluding hydrogens is 512 g/mol. The molecule has 1 N–H and O–H groups in total. The van der Waals surface area contributed by atoms with E-state index in [1.54, 1.807) is 23.3 Å². The van der Waals surface area contributed by atoms with Crippen LogP contribution in [-0.2, 0) is 9.53 Å². The molecule has 0 saturated heterocycles. The number of ether oxygens (including phenoxy) is 2. The molecule has 0 spiro atoms. The molecule has 1 heterocycles. The number of benzene rings is 1. The number of carboxylic acids is 1. The predicted octanol–water partition coefficient (Wildman–Crippen LogP) is 5.02. The molecule has 0 bridgehead atoms. The van der Waals surface area contributed by atoms with Gasteiger partial charge in [0.15, 0.2) is 5.75 Å². The summed E-state index contributed by atoms with van der Waals surface area (Å²) in [6.07, 6.45) is 0. The molecule has 31 heavy (non-hydrogen) atoms. The number of aromatic carboxylic acids is 1. The zero-order chi connectivity index (χ0) is 23.0. The second-order valence-corrected chi connectivity index (χ2v) is 8.43. The van der Waals surface area contributed by atoms with Gasteiger partial charge in [0, 0.05) is 12.0 Å². The van der Waals surface area contributed by atoms with Crippen LogP contribution in [0.15, 0.2) is 17.5 Å². The summed E-state index contributed by atoms with van der Waals surface area (Å²) in [5.41, 5.74) is 1.97. The van der Waals surface area contributed by atoms with E-state index in [0.717, 1.165) is 16.1 Å². The fourth-order valence-corrected chi connectivity index (χ4v) is 4.26. The second-order valence-electron chi connectivity index (χ2n) is 6.27. The number of hydrogen-bond donors (Lipinski definition) is 1. The van der Waals surface area contributed by atoms with Crippen LogP contribution in [0.3, 0.4) is 0 Å². The SMILES string of the molecule is COCC(C)N(C(=O)CCl)c1c(C)csc1C.COc1c(Cl)ccc(Cl)c1C(=O)O.[KH]. The Morgan fingerprint density at radius 3 is 2.16 bits per heavy atom. The first-order valence-electron chi connectivity index (χ1n) is 8.77. The van der Waals surface area contributed by atoms with Gasteiger partial charge in [0.25, 0.3) is 0 Å². The van der Waals surface area contributed by atoms with Crippen LogP contribution in [0.2, 0.25) is 10.0 Å². The summed E-state index contributed by atoms with van der Waals surface area (Å²) in [4.78, 5) is 25.6. The topological polar surface area (TPSA) is 76.1 Å². The van der Waals surface area contributed by atoms with Crippen molar-refractivity contribution in [2.75, 3.05) is 31.6 Å². The van der Waals surface area contributed by atoms with Gasteiger partial charge < -0.3 is 19.5 Å². The average molecular weight is 537 g/mol. The van der Waals surface area contributed by atoms with Gasteiger partial charge in [-0.2, -0.15) is 0 Å². The number of anilines is 1. The number of methoxy groups -OCH3 is 2. The predicted molar refractivity (Wildman–Crippen MR) is 130 cm³/mol. The maximum absolute atomic E-state index is 12.0. The van der Waals surface area contributed by atoms with Gasteiger partial charge in [0.1, 0.15) is 11.4 Å². The molecule has 0 radical (unpaired) electrons. The Labute approximate surface area is 244 Å². The molecule has 1 amide bonds. The zero-order valence-corrected chi connectivity index (χ0v) is 20.4.